The zero-order chi connectivity index (χ0) is 17.3. The minimum Gasteiger partial charge on any atom is -0.370 e. The number of carbonyl (C=O) groups excluding carboxylic acids is 2. The van der Waals surface area contributed by atoms with E-state index in [-0.39, 0.29) is 17.6 Å². The molecule has 6 heteroatoms. The predicted octanol–water partition coefficient (Wildman–Crippen LogP) is 1.69. The fourth-order valence-electron chi connectivity index (χ4n) is 2.86. The van der Waals surface area contributed by atoms with Gasteiger partial charge in [0, 0.05) is 5.56 Å². The number of rotatable bonds is 2. The molecule has 24 heavy (non-hydrogen) atoms. The minimum atomic E-state index is -0.777. The first-order valence-electron chi connectivity index (χ1n) is 7.37. The lowest BCUT2D eigenvalue weighted by atomic mass is 9.91. The monoisotopic (exact) mass is 320 g/mol. The molecule has 3 rings (SSSR count). The van der Waals surface area contributed by atoms with Gasteiger partial charge in [0.25, 0.3) is 5.91 Å². The summed E-state index contributed by atoms with van der Waals surface area (Å²) in [5.74, 6) is 1.39. The minimum absolute atomic E-state index is 0.0707. The van der Waals surface area contributed by atoms with Crippen LogP contribution in [0, 0.1) is 6.92 Å². The zero-order valence-electron chi connectivity index (χ0n) is 13.1. The van der Waals surface area contributed by atoms with Crippen molar-refractivity contribution in [2.45, 2.75) is 13.0 Å². The molecule has 1 aliphatic heterocycles. The zero-order valence-corrected chi connectivity index (χ0v) is 13.1. The van der Waals surface area contributed by atoms with E-state index >= 15 is 0 Å². The standard InChI is InChI=1S/C18H16N4O2/c1-11-6-2-5-9-14(11)22-15(10-23)16(21-18(19)20)12-7-3-4-8-13(12)17(22)24/h2-9,16H,1H3,(H4,19,20,21). The third kappa shape index (κ3) is 2.45. The topological polar surface area (TPSA) is 102 Å². The van der Waals surface area contributed by atoms with Crippen molar-refractivity contribution in [2.24, 2.45) is 16.5 Å². The largest absolute Gasteiger partial charge is 0.370 e. The van der Waals surface area contributed by atoms with Gasteiger partial charge >= 0.3 is 0 Å². The van der Waals surface area contributed by atoms with Crippen molar-refractivity contribution in [3.8, 4) is 0 Å². The summed E-state index contributed by atoms with van der Waals surface area (Å²) in [6, 6.07) is 13.5. The van der Waals surface area contributed by atoms with Gasteiger partial charge in [-0.25, -0.2) is 9.79 Å². The number of para-hydroxylation sites is 1. The second kappa shape index (κ2) is 6.02. The van der Waals surface area contributed by atoms with Crippen LogP contribution >= 0.6 is 0 Å². The first-order chi connectivity index (χ1) is 11.5. The summed E-state index contributed by atoms with van der Waals surface area (Å²) in [4.78, 5) is 30.2. The molecule has 4 N–H and O–H groups in total. The van der Waals surface area contributed by atoms with Crippen LogP contribution in [0.4, 0.5) is 5.69 Å². The molecule has 0 fully saturated rings. The van der Waals surface area contributed by atoms with Gasteiger partial charge in [0.15, 0.2) is 5.96 Å². The first kappa shape index (κ1) is 15.5. The SMILES string of the molecule is Cc1ccccc1N1C(=O)c2ccccc2C(N=C(N)N)C1=C=O. The molecule has 0 bridgehead atoms. The average Bonchev–Trinajstić information content (AvgIpc) is 2.57. The molecule has 0 saturated carbocycles. The van der Waals surface area contributed by atoms with E-state index in [2.05, 4.69) is 4.99 Å². The van der Waals surface area contributed by atoms with Crippen LogP contribution in [-0.2, 0) is 4.79 Å². The molecule has 2 aromatic carbocycles. The maximum Gasteiger partial charge on any atom is 0.263 e. The quantitative estimate of drug-likeness (QED) is 0.499. The molecule has 1 aliphatic rings. The predicted molar refractivity (Wildman–Crippen MR) is 92.2 cm³/mol. The lowest BCUT2D eigenvalue weighted by Gasteiger charge is -2.33. The van der Waals surface area contributed by atoms with Crippen LogP contribution in [0.1, 0.15) is 27.5 Å². The second-order valence-corrected chi connectivity index (χ2v) is 5.46. The highest BCUT2D eigenvalue weighted by molar-refractivity contribution is 6.13. The summed E-state index contributed by atoms with van der Waals surface area (Å²) in [6.45, 7) is 1.86. The van der Waals surface area contributed by atoms with Crippen molar-refractivity contribution in [2.75, 3.05) is 4.90 Å². The number of anilines is 1. The van der Waals surface area contributed by atoms with Gasteiger partial charge in [-0.15, -0.1) is 0 Å². The highest BCUT2D eigenvalue weighted by atomic mass is 16.2. The van der Waals surface area contributed by atoms with Crippen LogP contribution in [0.5, 0.6) is 0 Å². The molecule has 6 nitrogen and oxygen atoms in total. The Morgan fingerprint density at radius 2 is 1.79 bits per heavy atom. The Bertz CT molecular complexity index is 893. The van der Waals surface area contributed by atoms with Crippen LogP contribution in [0.15, 0.2) is 59.2 Å². The maximum absolute atomic E-state index is 13.0. The van der Waals surface area contributed by atoms with Crippen molar-refractivity contribution in [3.05, 3.63) is 70.9 Å². The number of nitrogens with zero attached hydrogens (tertiary/aromatic N) is 2. The summed E-state index contributed by atoms with van der Waals surface area (Å²) < 4.78 is 0. The van der Waals surface area contributed by atoms with E-state index in [0.29, 0.717) is 16.8 Å². The summed E-state index contributed by atoms with van der Waals surface area (Å²) in [7, 11) is 0. The van der Waals surface area contributed by atoms with Crippen LogP contribution in [0.3, 0.4) is 0 Å². The number of benzene rings is 2. The van der Waals surface area contributed by atoms with Gasteiger partial charge in [-0.3, -0.25) is 9.69 Å². The number of aryl methyl sites for hydroxylation is 1. The molecule has 2 aromatic rings. The smallest absolute Gasteiger partial charge is 0.263 e. The van der Waals surface area contributed by atoms with Gasteiger partial charge in [0.2, 0.25) is 0 Å². The second-order valence-electron chi connectivity index (χ2n) is 5.46. The van der Waals surface area contributed by atoms with Gasteiger partial charge in [0.05, 0.1) is 5.69 Å². The van der Waals surface area contributed by atoms with Crippen LogP contribution < -0.4 is 16.4 Å². The van der Waals surface area contributed by atoms with E-state index in [1.165, 1.54) is 4.90 Å². The molecule has 1 unspecified atom stereocenters. The lowest BCUT2D eigenvalue weighted by molar-refractivity contribution is 0.0987. The highest BCUT2D eigenvalue weighted by Crippen LogP contribution is 2.39. The van der Waals surface area contributed by atoms with Crippen molar-refractivity contribution in [1.82, 2.24) is 0 Å². The fraction of sp³-hybridized carbons (Fsp3) is 0.111. The number of aliphatic imine (C=N–C) groups is 1. The van der Waals surface area contributed by atoms with E-state index < -0.39 is 6.04 Å². The summed E-state index contributed by atoms with van der Waals surface area (Å²) in [5, 5.41) is 0. The van der Waals surface area contributed by atoms with Crippen LogP contribution in [-0.4, -0.2) is 17.8 Å². The van der Waals surface area contributed by atoms with E-state index in [4.69, 9.17) is 11.5 Å². The van der Waals surface area contributed by atoms with Gasteiger partial charge in [-0.2, -0.15) is 0 Å². The molecule has 1 amide bonds. The van der Waals surface area contributed by atoms with Crippen molar-refractivity contribution in [3.63, 3.8) is 0 Å². The Morgan fingerprint density at radius 1 is 1.12 bits per heavy atom. The summed E-state index contributed by atoms with van der Waals surface area (Å²) in [6.07, 6.45) is 0. The molecule has 1 heterocycles. The van der Waals surface area contributed by atoms with Crippen LogP contribution in [0.25, 0.3) is 0 Å². The van der Waals surface area contributed by atoms with Gasteiger partial charge < -0.3 is 11.5 Å². The molecular weight excluding hydrogens is 304 g/mol. The van der Waals surface area contributed by atoms with Crippen LogP contribution in [0.2, 0.25) is 0 Å². The fourth-order valence-corrected chi connectivity index (χ4v) is 2.86. The number of amides is 1. The number of guanidine groups is 1. The number of fused-ring (bicyclic) bond motifs is 1. The Morgan fingerprint density at radius 3 is 2.46 bits per heavy atom. The van der Waals surface area contributed by atoms with E-state index in [9.17, 15) is 9.59 Å². The van der Waals surface area contributed by atoms with Gasteiger partial charge in [-0.05, 0) is 30.2 Å². The lowest BCUT2D eigenvalue weighted by Crippen LogP contribution is -2.39. The maximum atomic E-state index is 13.0. The molecular formula is C18H16N4O2. The highest BCUT2D eigenvalue weighted by Gasteiger charge is 2.38. The molecule has 0 spiro atoms. The van der Waals surface area contributed by atoms with Crippen molar-refractivity contribution in [1.29, 1.82) is 0 Å². The molecule has 0 aromatic heterocycles. The molecule has 1 atom stereocenters. The number of nitrogens with two attached hydrogens (primary N) is 2. The van der Waals surface area contributed by atoms with Gasteiger partial charge in [-0.1, -0.05) is 36.4 Å². The molecule has 0 aliphatic carbocycles. The third-order valence-electron chi connectivity index (χ3n) is 3.93. The summed E-state index contributed by atoms with van der Waals surface area (Å²) in [5.41, 5.74) is 13.6. The Balaban J connectivity index is 2.29. The normalized spacial score (nSPS) is 16.4. The van der Waals surface area contributed by atoms with E-state index in [0.717, 1.165) is 5.56 Å². The number of carbonyl (C=O) groups is 1. The van der Waals surface area contributed by atoms with Gasteiger partial charge in [0.1, 0.15) is 17.7 Å². The molecule has 0 saturated heterocycles. The Hall–Kier alpha value is -3.37. The summed E-state index contributed by atoms with van der Waals surface area (Å²) >= 11 is 0. The van der Waals surface area contributed by atoms with E-state index in [1.807, 2.05) is 25.0 Å². The molecule has 120 valence electrons. The van der Waals surface area contributed by atoms with E-state index in [1.54, 1.807) is 36.4 Å². The first-order valence-corrected chi connectivity index (χ1v) is 7.37. The number of hydrogen-bond donors (Lipinski definition) is 2. The number of hydrogen-bond acceptors (Lipinski definition) is 3. The Kier molecular flexibility index (Phi) is 3.90. The third-order valence-corrected chi connectivity index (χ3v) is 3.93. The Labute approximate surface area is 139 Å². The van der Waals surface area contributed by atoms with Crippen molar-refractivity contribution < 1.29 is 9.59 Å². The molecule has 0 radical (unpaired) electrons. The van der Waals surface area contributed by atoms with Crippen molar-refractivity contribution >= 4 is 23.5 Å². The average molecular weight is 320 g/mol.